The second-order valence-corrected chi connectivity index (χ2v) is 8.97. The number of fused-ring (bicyclic) bond motifs is 1. The Morgan fingerprint density at radius 1 is 0.919 bits per heavy atom. The molecule has 2 rings (SSSR count). The molecule has 0 bridgehead atoms. The number of rotatable bonds is 14. The SMILES string of the molecule is CC(C)C(N)C(=O)NC(Cc1c[nH]c2ccccc12)C(=O)NC(CO)C(=O)NC(CCC(=O)O)C(=O)O. The number of hydrogen-bond donors (Lipinski definition) is 8. The molecule has 0 spiro atoms. The lowest BCUT2D eigenvalue weighted by molar-refractivity contribution is -0.143. The molecule has 1 heterocycles. The van der Waals surface area contributed by atoms with Gasteiger partial charge in [-0.1, -0.05) is 32.0 Å². The second-order valence-electron chi connectivity index (χ2n) is 8.97. The van der Waals surface area contributed by atoms with Crippen molar-refractivity contribution in [3.8, 4) is 0 Å². The van der Waals surface area contributed by atoms with Crippen molar-refractivity contribution in [1.82, 2.24) is 20.9 Å². The number of carboxylic acids is 2. The number of nitrogens with one attached hydrogen (secondary N) is 4. The maximum atomic E-state index is 13.2. The highest BCUT2D eigenvalue weighted by Gasteiger charge is 2.31. The van der Waals surface area contributed by atoms with Crippen LogP contribution in [0.1, 0.15) is 32.3 Å². The number of hydrogen-bond acceptors (Lipinski definition) is 7. The van der Waals surface area contributed by atoms with E-state index < -0.39 is 73.3 Å². The van der Waals surface area contributed by atoms with Crippen molar-refractivity contribution in [3.63, 3.8) is 0 Å². The first-order chi connectivity index (χ1) is 17.4. The van der Waals surface area contributed by atoms with Gasteiger partial charge in [-0.25, -0.2) is 4.79 Å². The summed E-state index contributed by atoms with van der Waals surface area (Å²) in [7, 11) is 0. The summed E-state index contributed by atoms with van der Waals surface area (Å²) in [5.74, 6) is -5.34. The van der Waals surface area contributed by atoms with Crippen LogP contribution in [0.4, 0.5) is 0 Å². The minimum atomic E-state index is -1.56. The van der Waals surface area contributed by atoms with Gasteiger partial charge in [0.05, 0.1) is 12.6 Å². The normalized spacial score (nSPS) is 14.4. The van der Waals surface area contributed by atoms with Gasteiger partial charge >= 0.3 is 11.9 Å². The number of carboxylic acid groups (broad SMARTS) is 2. The number of aromatic amines is 1. The van der Waals surface area contributed by atoms with E-state index >= 15 is 0 Å². The molecule has 4 atom stereocenters. The fourth-order valence-corrected chi connectivity index (χ4v) is 3.56. The zero-order chi connectivity index (χ0) is 27.7. The molecule has 0 fully saturated rings. The highest BCUT2D eigenvalue weighted by molar-refractivity contribution is 5.95. The van der Waals surface area contributed by atoms with Crippen LogP contribution in [0.25, 0.3) is 10.9 Å². The molecule has 1 aromatic carbocycles. The van der Waals surface area contributed by atoms with Crippen LogP contribution in [0.5, 0.6) is 0 Å². The maximum absolute atomic E-state index is 13.2. The van der Waals surface area contributed by atoms with E-state index in [1.807, 2.05) is 24.3 Å². The Morgan fingerprint density at radius 2 is 1.51 bits per heavy atom. The number of nitrogens with two attached hydrogens (primary N) is 1. The van der Waals surface area contributed by atoms with Gasteiger partial charge < -0.3 is 42.0 Å². The van der Waals surface area contributed by atoms with Gasteiger partial charge in [0.2, 0.25) is 17.7 Å². The van der Waals surface area contributed by atoms with Crippen molar-refractivity contribution >= 4 is 40.6 Å². The first-order valence-corrected chi connectivity index (χ1v) is 11.7. The Bertz CT molecular complexity index is 1130. The highest BCUT2D eigenvalue weighted by atomic mass is 16.4. The summed E-state index contributed by atoms with van der Waals surface area (Å²) in [6.07, 6.45) is 0.815. The third-order valence-electron chi connectivity index (χ3n) is 5.83. The van der Waals surface area contributed by atoms with E-state index in [1.165, 1.54) is 0 Å². The monoisotopic (exact) mass is 519 g/mol. The number of aliphatic carboxylic acids is 2. The summed E-state index contributed by atoms with van der Waals surface area (Å²) in [6.45, 7) is 2.62. The van der Waals surface area contributed by atoms with Crippen LogP contribution < -0.4 is 21.7 Å². The van der Waals surface area contributed by atoms with Crippen molar-refractivity contribution in [2.45, 2.75) is 57.3 Å². The third-order valence-corrected chi connectivity index (χ3v) is 5.83. The van der Waals surface area contributed by atoms with Gasteiger partial charge in [-0.3, -0.25) is 19.2 Å². The molecule has 2 aromatic rings. The number of aliphatic hydroxyl groups is 1. The van der Waals surface area contributed by atoms with Crippen molar-refractivity contribution in [2.75, 3.05) is 6.61 Å². The van der Waals surface area contributed by atoms with E-state index in [2.05, 4.69) is 20.9 Å². The van der Waals surface area contributed by atoms with Crippen LogP contribution in [-0.4, -0.2) is 80.7 Å². The Morgan fingerprint density at radius 3 is 2.11 bits per heavy atom. The molecular formula is C24H33N5O8. The number of H-pyrrole nitrogens is 1. The molecular weight excluding hydrogens is 486 g/mol. The van der Waals surface area contributed by atoms with Gasteiger partial charge in [0.15, 0.2) is 0 Å². The van der Waals surface area contributed by atoms with Crippen LogP contribution in [-0.2, 0) is 30.4 Å². The average molecular weight is 520 g/mol. The summed E-state index contributed by atoms with van der Waals surface area (Å²) in [5, 5.41) is 35.6. The van der Waals surface area contributed by atoms with Crippen molar-refractivity contribution in [1.29, 1.82) is 0 Å². The predicted octanol–water partition coefficient (Wildman–Crippen LogP) is -0.910. The van der Waals surface area contributed by atoms with Crippen LogP contribution >= 0.6 is 0 Å². The molecule has 0 aliphatic rings. The first kappa shape index (κ1) is 29.3. The number of aromatic nitrogens is 1. The molecule has 3 amide bonds. The average Bonchev–Trinajstić information content (AvgIpc) is 3.26. The minimum absolute atomic E-state index is 0.0303. The van der Waals surface area contributed by atoms with Crippen LogP contribution in [0.2, 0.25) is 0 Å². The molecule has 13 nitrogen and oxygen atoms in total. The molecule has 202 valence electrons. The van der Waals surface area contributed by atoms with Gasteiger partial charge in [0, 0.05) is 29.9 Å². The van der Waals surface area contributed by atoms with Gasteiger partial charge in [-0.2, -0.15) is 0 Å². The smallest absolute Gasteiger partial charge is 0.326 e. The van der Waals surface area contributed by atoms with Crippen LogP contribution in [0, 0.1) is 5.92 Å². The Kier molecular flexibility index (Phi) is 10.6. The molecule has 0 saturated heterocycles. The van der Waals surface area contributed by atoms with E-state index in [1.54, 1.807) is 20.0 Å². The number of para-hydroxylation sites is 1. The van der Waals surface area contributed by atoms with Gasteiger partial charge in [0.25, 0.3) is 0 Å². The molecule has 0 radical (unpaired) electrons. The largest absolute Gasteiger partial charge is 0.481 e. The number of carbonyl (C=O) groups is 5. The molecule has 9 N–H and O–H groups in total. The Labute approximate surface area is 212 Å². The first-order valence-electron chi connectivity index (χ1n) is 11.7. The zero-order valence-corrected chi connectivity index (χ0v) is 20.6. The van der Waals surface area contributed by atoms with E-state index in [0.717, 1.165) is 10.9 Å². The number of amides is 3. The van der Waals surface area contributed by atoms with Crippen LogP contribution in [0.3, 0.4) is 0 Å². The van der Waals surface area contributed by atoms with Gasteiger partial charge in [0.1, 0.15) is 18.1 Å². The quantitative estimate of drug-likeness (QED) is 0.154. The summed E-state index contributed by atoms with van der Waals surface area (Å²) in [6, 6.07) is 2.16. The Balaban J connectivity index is 2.21. The lowest BCUT2D eigenvalue weighted by Gasteiger charge is -2.25. The predicted molar refractivity (Wildman–Crippen MR) is 132 cm³/mol. The second kappa shape index (κ2) is 13.4. The maximum Gasteiger partial charge on any atom is 0.326 e. The summed E-state index contributed by atoms with van der Waals surface area (Å²) in [5.41, 5.74) is 7.45. The van der Waals surface area contributed by atoms with E-state index in [4.69, 9.17) is 10.8 Å². The van der Waals surface area contributed by atoms with Gasteiger partial charge in [-0.15, -0.1) is 0 Å². The van der Waals surface area contributed by atoms with Gasteiger partial charge in [-0.05, 0) is 24.0 Å². The Hall–Kier alpha value is -3.97. The molecule has 37 heavy (non-hydrogen) atoms. The van der Waals surface area contributed by atoms with Crippen molar-refractivity contribution < 1.29 is 39.3 Å². The number of carbonyl (C=O) groups excluding carboxylic acids is 3. The molecule has 0 aliphatic carbocycles. The molecule has 13 heteroatoms. The van der Waals surface area contributed by atoms with Crippen molar-refractivity contribution in [2.24, 2.45) is 11.7 Å². The standard InChI is InChI=1S/C24H33N5O8/c1-12(2)20(25)23(35)28-17(9-13-10-26-15-6-4-3-5-14(13)15)21(33)29-18(11-30)22(34)27-16(24(36)37)7-8-19(31)32/h3-6,10,12,16-18,20,26,30H,7-9,11,25H2,1-2H3,(H,27,34)(H,28,35)(H,29,33)(H,31,32)(H,36,37). The molecule has 1 aromatic heterocycles. The summed E-state index contributed by atoms with van der Waals surface area (Å²) < 4.78 is 0. The lowest BCUT2D eigenvalue weighted by Crippen LogP contribution is -2.59. The summed E-state index contributed by atoms with van der Waals surface area (Å²) >= 11 is 0. The fraction of sp³-hybridized carbons (Fsp3) is 0.458. The topological polar surface area (TPSA) is 224 Å². The van der Waals surface area contributed by atoms with Crippen LogP contribution in [0.15, 0.2) is 30.5 Å². The number of benzene rings is 1. The third kappa shape index (κ3) is 8.29. The fourth-order valence-electron chi connectivity index (χ4n) is 3.56. The molecule has 0 aliphatic heterocycles. The van der Waals surface area contributed by atoms with E-state index in [9.17, 15) is 34.2 Å². The highest BCUT2D eigenvalue weighted by Crippen LogP contribution is 2.19. The lowest BCUT2D eigenvalue weighted by atomic mass is 10.0. The summed E-state index contributed by atoms with van der Waals surface area (Å²) in [4.78, 5) is 63.7. The molecule has 0 saturated carbocycles. The minimum Gasteiger partial charge on any atom is -0.481 e. The van der Waals surface area contributed by atoms with E-state index in [0.29, 0.717) is 5.56 Å². The molecule has 4 unspecified atom stereocenters. The number of aliphatic hydroxyl groups excluding tert-OH is 1. The van der Waals surface area contributed by atoms with E-state index in [-0.39, 0.29) is 12.3 Å². The van der Waals surface area contributed by atoms with Crippen molar-refractivity contribution in [3.05, 3.63) is 36.0 Å². The zero-order valence-electron chi connectivity index (χ0n) is 20.6.